The van der Waals surface area contributed by atoms with Crippen molar-refractivity contribution in [2.45, 2.75) is 18.9 Å². The zero-order valence-electron chi connectivity index (χ0n) is 22.5. The van der Waals surface area contributed by atoms with Crippen molar-refractivity contribution in [2.75, 3.05) is 5.32 Å². The van der Waals surface area contributed by atoms with Crippen LogP contribution in [0, 0.1) is 11.3 Å². The van der Waals surface area contributed by atoms with Gasteiger partial charge in [0.2, 0.25) is 0 Å². The summed E-state index contributed by atoms with van der Waals surface area (Å²) in [6.07, 6.45) is 7.57. The highest BCUT2D eigenvalue weighted by Gasteiger charge is 2.24. The molecule has 0 spiro atoms. The number of nitrogens with zero attached hydrogens (tertiary/aromatic N) is 1. The Hall–Kier alpha value is -5.13. The highest BCUT2D eigenvalue weighted by molar-refractivity contribution is 5.85. The van der Waals surface area contributed by atoms with Crippen molar-refractivity contribution in [3.05, 3.63) is 157 Å². The van der Waals surface area contributed by atoms with Gasteiger partial charge in [-0.25, -0.2) is 0 Å². The fraction of sp³-hybridized carbons (Fsp3) is 0.0789. The van der Waals surface area contributed by atoms with Gasteiger partial charge in [-0.05, 0) is 82.6 Å². The number of hydrogen-bond acceptors (Lipinski definition) is 2. The maximum atomic E-state index is 9.11. The maximum Gasteiger partial charge on any atom is 0.0991 e. The van der Waals surface area contributed by atoms with Crippen LogP contribution in [0.4, 0.5) is 5.69 Å². The Morgan fingerprint density at radius 2 is 1.23 bits per heavy atom. The second kappa shape index (κ2) is 10.9. The van der Waals surface area contributed by atoms with Crippen LogP contribution in [0.2, 0.25) is 0 Å². The molecular formula is C38H30N2. The van der Waals surface area contributed by atoms with Gasteiger partial charge in [-0.3, -0.25) is 0 Å². The van der Waals surface area contributed by atoms with Crippen molar-refractivity contribution < 1.29 is 0 Å². The van der Waals surface area contributed by atoms with E-state index in [1.807, 2.05) is 24.3 Å². The van der Waals surface area contributed by atoms with Gasteiger partial charge < -0.3 is 5.32 Å². The minimum atomic E-state index is -0.228. The average Bonchev–Trinajstić information content (AvgIpc) is 3.02. The average molecular weight is 515 g/mol. The minimum absolute atomic E-state index is 0.228. The second-order valence-corrected chi connectivity index (χ2v) is 10.5. The monoisotopic (exact) mass is 514 g/mol. The van der Waals surface area contributed by atoms with E-state index >= 15 is 0 Å². The second-order valence-electron chi connectivity index (χ2n) is 10.5. The van der Waals surface area contributed by atoms with E-state index in [0.717, 1.165) is 17.7 Å². The topological polar surface area (TPSA) is 35.8 Å². The first-order valence-corrected chi connectivity index (χ1v) is 13.6. The number of nitrogens with one attached hydrogen (secondary N) is 1. The van der Waals surface area contributed by atoms with E-state index in [2.05, 4.69) is 140 Å². The van der Waals surface area contributed by atoms with Crippen LogP contribution >= 0.6 is 0 Å². The van der Waals surface area contributed by atoms with Crippen molar-refractivity contribution in [1.29, 1.82) is 5.26 Å². The van der Waals surface area contributed by atoms with E-state index in [0.29, 0.717) is 5.56 Å². The molecular weight excluding hydrogens is 484 g/mol. The fourth-order valence-electron chi connectivity index (χ4n) is 5.28. The molecule has 6 rings (SSSR count). The molecule has 2 heteroatoms. The lowest BCUT2D eigenvalue weighted by molar-refractivity contribution is 0.643. The summed E-state index contributed by atoms with van der Waals surface area (Å²) < 4.78 is 0. The molecule has 5 aromatic carbocycles. The van der Waals surface area contributed by atoms with Gasteiger partial charge in [0.1, 0.15) is 0 Å². The quantitative estimate of drug-likeness (QED) is 0.245. The molecule has 1 aliphatic rings. The van der Waals surface area contributed by atoms with Crippen LogP contribution in [-0.2, 0) is 0 Å². The third-order valence-electron chi connectivity index (χ3n) is 7.55. The van der Waals surface area contributed by atoms with E-state index in [-0.39, 0.29) is 5.54 Å². The molecule has 1 N–H and O–H groups in total. The van der Waals surface area contributed by atoms with Crippen LogP contribution in [0.5, 0.6) is 0 Å². The van der Waals surface area contributed by atoms with Gasteiger partial charge in [0, 0.05) is 11.3 Å². The molecule has 0 aliphatic heterocycles. The van der Waals surface area contributed by atoms with Crippen LogP contribution in [0.3, 0.4) is 0 Å². The highest BCUT2D eigenvalue weighted by atomic mass is 15.0. The van der Waals surface area contributed by atoms with E-state index < -0.39 is 0 Å². The van der Waals surface area contributed by atoms with Crippen LogP contribution in [0.15, 0.2) is 146 Å². The van der Waals surface area contributed by atoms with Crippen LogP contribution in [0.1, 0.15) is 24.5 Å². The lowest BCUT2D eigenvalue weighted by Gasteiger charge is -2.32. The lowest BCUT2D eigenvalue weighted by Crippen LogP contribution is -2.33. The Labute approximate surface area is 236 Å². The molecule has 0 aromatic heterocycles. The molecule has 1 aliphatic carbocycles. The van der Waals surface area contributed by atoms with Gasteiger partial charge in [-0.2, -0.15) is 5.26 Å². The standard InChI is InChI=1S/C38H30N2/c1-38(23-21-31(22-24-38)30-17-15-28(27-39)16-18-30)40-37-20-19-35(26-36(37)32-11-6-3-7-12-32)34-14-8-13-33(25-34)29-9-4-2-5-10-29/h2-23,25-26,40H,24H2,1H3. The normalized spacial score (nSPS) is 16.1. The molecule has 2 nitrogen and oxygen atoms in total. The smallest absolute Gasteiger partial charge is 0.0991 e. The molecule has 0 amide bonds. The Bertz CT molecular complexity index is 1740. The van der Waals surface area contributed by atoms with Crippen molar-refractivity contribution in [2.24, 2.45) is 0 Å². The molecule has 0 saturated heterocycles. The largest absolute Gasteiger partial charge is 0.376 e. The minimum Gasteiger partial charge on any atom is -0.376 e. The Kier molecular flexibility index (Phi) is 6.87. The first-order valence-electron chi connectivity index (χ1n) is 13.6. The maximum absolute atomic E-state index is 9.11. The lowest BCUT2D eigenvalue weighted by atomic mass is 9.87. The first-order chi connectivity index (χ1) is 19.6. The number of nitriles is 1. The van der Waals surface area contributed by atoms with Gasteiger partial charge in [0.25, 0.3) is 0 Å². The summed E-state index contributed by atoms with van der Waals surface area (Å²) in [5.74, 6) is 0. The van der Waals surface area contributed by atoms with E-state index in [4.69, 9.17) is 5.26 Å². The fourth-order valence-corrected chi connectivity index (χ4v) is 5.28. The van der Waals surface area contributed by atoms with E-state index in [1.54, 1.807) is 0 Å². The van der Waals surface area contributed by atoms with Gasteiger partial charge in [-0.15, -0.1) is 0 Å². The van der Waals surface area contributed by atoms with Gasteiger partial charge >= 0.3 is 0 Å². The Morgan fingerprint density at radius 1 is 0.625 bits per heavy atom. The summed E-state index contributed by atoms with van der Waals surface area (Å²) in [5, 5.41) is 13.0. The van der Waals surface area contributed by atoms with Gasteiger partial charge in [0.05, 0.1) is 17.2 Å². The molecule has 5 aromatic rings. The molecule has 0 bridgehead atoms. The zero-order chi connectivity index (χ0) is 27.4. The highest BCUT2D eigenvalue weighted by Crippen LogP contribution is 2.37. The van der Waals surface area contributed by atoms with Crippen molar-refractivity contribution >= 4 is 11.3 Å². The third-order valence-corrected chi connectivity index (χ3v) is 7.55. The number of benzene rings is 5. The number of allylic oxidation sites excluding steroid dienone is 2. The number of hydrogen-bond donors (Lipinski definition) is 1. The molecule has 1 unspecified atom stereocenters. The molecule has 0 saturated carbocycles. The van der Waals surface area contributed by atoms with Gasteiger partial charge in [-0.1, -0.05) is 115 Å². The van der Waals surface area contributed by atoms with Crippen LogP contribution < -0.4 is 5.32 Å². The summed E-state index contributed by atoms with van der Waals surface area (Å²) in [6, 6.07) is 46.6. The Balaban J connectivity index is 1.31. The van der Waals surface area contributed by atoms with Crippen molar-refractivity contribution in [3.8, 4) is 39.4 Å². The number of rotatable bonds is 6. The molecule has 0 heterocycles. The van der Waals surface area contributed by atoms with Gasteiger partial charge in [0.15, 0.2) is 0 Å². The van der Waals surface area contributed by atoms with Crippen LogP contribution in [-0.4, -0.2) is 5.54 Å². The van der Waals surface area contributed by atoms with E-state index in [9.17, 15) is 0 Å². The molecule has 0 fully saturated rings. The number of anilines is 1. The summed E-state index contributed by atoms with van der Waals surface area (Å²) in [6.45, 7) is 2.24. The third kappa shape index (κ3) is 5.37. The zero-order valence-corrected chi connectivity index (χ0v) is 22.5. The van der Waals surface area contributed by atoms with Crippen LogP contribution in [0.25, 0.3) is 39.0 Å². The SMILES string of the molecule is CC1(Nc2ccc(-c3cccc(-c4ccccc4)c3)cc2-c2ccccc2)C=CC(c2ccc(C#N)cc2)=CC1. The summed E-state index contributed by atoms with van der Waals surface area (Å²) in [7, 11) is 0. The summed E-state index contributed by atoms with van der Waals surface area (Å²) in [5.41, 5.74) is 11.1. The Morgan fingerprint density at radius 3 is 1.88 bits per heavy atom. The molecule has 1 atom stereocenters. The molecule has 40 heavy (non-hydrogen) atoms. The molecule has 192 valence electrons. The van der Waals surface area contributed by atoms with Crippen molar-refractivity contribution in [3.63, 3.8) is 0 Å². The van der Waals surface area contributed by atoms with Crippen molar-refractivity contribution in [1.82, 2.24) is 0 Å². The van der Waals surface area contributed by atoms with E-state index in [1.165, 1.54) is 39.0 Å². The first kappa shape index (κ1) is 25.2. The summed E-state index contributed by atoms with van der Waals surface area (Å²) >= 11 is 0. The predicted octanol–water partition coefficient (Wildman–Crippen LogP) is 9.77. The predicted molar refractivity (Wildman–Crippen MR) is 168 cm³/mol. The summed E-state index contributed by atoms with van der Waals surface area (Å²) in [4.78, 5) is 0. The molecule has 0 radical (unpaired) electrons.